The average molecular weight is 347 g/mol. The molecule has 7 heteroatoms. The molecule has 25 heavy (non-hydrogen) atoms. The number of carbonyl (C=O) groups is 2. The van der Waals surface area contributed by atoms with Gasteiger partial charge in [-0.2, -0.15) is 5.10 Å². The van der Waals surface area contributed by atoms with E-state index in [1.165, 1.54) is 12.1 Å². The second kappa shape index (κ2) is 7.92. The van der Waals surface area contributed by atoms with Crippen LogP contribution in [0.1, 0.15) is 36.7 Å². The fourth-order valence-corrected chi connectivity index (χ4v) is 2.66. The first-order valence-corrected chi connectivity index (χ1v) is 8.10. The maximum absolute atomic E-state index is 13.1. The molecule has 0 aliphatic rings. The Morgan fingerprint density at radius 2 is 1.92 bits per heavy atom. The Bertz CT molecular complexity index is 769. The zero-order valence-corrected chi connectivity index (χ0v) is 14.5. The van der Waals surface area contributed by atoms with E-state index in [0.717, 1.165) is 22.6 Å². The zero-order valence-electron chi connectivity index (χ0n) is 14.5. The van der Waals surface area contributed by atoms with E-state index in [0.29, 0.717) is 6.42 Å². The van der Waals surface area contributed by atoms with Gasteiger partial charge in [-0.15, -0.1) is 0 Å². The third-order valence-corrected chi connectivity index (χ3v) is 4.05. The maximum atomic E-state index is 13.1. The summed E-state index contributed by atoms with van der Waals surface area (Å²) < 4.78 is 14.8. The predicted octanol–water partition coefficient (Wildman–Crippen LogP) is 2.54. The summed E-state index contributed by atoms with van der Waals surface area (Å²) in [5.74, 6) is -1.38. The van der Waals surface area contributed by atoms with Crippen LogP contribution in [0.15, 0.2) is 24.3 Å². The van der Waals surface area contributed by atoms with E-state index in [1.54, 1.807) is 23.7 Å². The molecule has 0 aliphatic carbocycles. The standard InChI is InChI=1S/C18H22FN3O3/c1-11(4-9-18(24)25)20-17(23)10-16-12(2)21-22(13(16)3)15-7-5-14(19)6-8-15/h5-8,11H,4,9-10H2,1-3H3,(H,20,23)(H,24,25). The lowest BCUT2D eigenvalue weighted by Gasteiger charge is -2.13. The summed E-state index contributed by atoms with van der Waals surface area (Å²) in [5, 5.41) is 15.9. The van der Waals surface area contributed by atoms with Gasteiger partial charge in [-0.25, -0.2) is 9.07 Å². The van der Waals surface area contributed by atoms with E-state index >= 15 is 0 Å². The largest absolute Gasteiger partial charge is 0.481 e. The van der Waals surface area contributed by atoms with Crippen molar-refractivity contribution in [1.82, 2.24) is 15.1 Å². The number of carboxylic acids is 1. The van der Waals surface area contributed by atoms with E-state index in [-0.39, 0.29) is 30.6 Å². The highest BCUT2D eigenvalue weighted by molar-refractivity contribution is 5.79. The molecule has 2 rings (SSSR count). The second-order valence-corrected chi connectivity index (χ2v) is 6.12. The number of benzene rings is 1. The number of carboxylic acid groups (broad SMARTS) is 1. The molecule has 1 unspecified atom stereocenters. The van der Waals surface area contributed by atoms with E-state index in [1.807, 2.05) is 13.8 Å². The number of nitrogens with zero attached hydrogens (tertiary/aromatic N) is 2. The molecule has 0 saturated heterocycles. The molecular weight excluding hydrogens is 325 g/mol. The molecule has 0 fully saturated rings. The molecule has 0 aliphatic heterocycles. The van der Waals surface area contributed by atoms with Crippen molar-refractivity contribution in [2.24, 2.45) is 0 Å². The lowest BCUT2D eigenvalue weighted by atomic mass is 10.1. The van der Waals surface area contributed by atoms with Gasteiger partial charge in [0.15, 0.2) is 0 Å². The molecule has 2 aromatic rings. The highest BCUT2D eigenvalue weighted by atomic mass is 19.1. The number of halogens is 1. The van der Waals surface area contributed by atoms with Crippen molar-refractivity contribution < 1.29 is 19.1 Å². The van der Waals surface area contributed by atoms with E-state index in [9.17, 15) is 14.0 Å². The molecule has 6 nitrogen and oxygen atoms in total. The molecule has 0 saturated carbocycles. The van der Waals surface area contributed by atoms with Crippen LogP contribution in [0.4, 0.5) is 4.39 Å². The van der Waals surface area contributed by atoms with Crippen LogP contribution >= 0.6 is 0 Å². The first-order valence-electron chi connectivity index (χ1n) is 8.10. The minimum absolute atomic E-state index is 0.0159. The SMILES string of the molecule is Cc1nn(-c2ccc(F)cc2)c(C)c1CC(=O)NC(C)CCC(=O)O. The van der Waals surface area contributed by atoms with Crippen molar-refractivity contribution in [3.63, 3.8) is 0 Å². The number of rotatable bonds is 7. The van der Waals surface area contributed by atoms with Crippen LogP contribution < -0.4 is 5.32 Å². The normalized spacial score (nSPS) is 12.0. The summed E-state index contributed by atoms with van der Waals surface area (Å²) in [6, 6.07) is 5.78. The Labute approximate surface area is 145 Å². The molecule has 1 aromatic heterocycles. The molecule has 134 valence electrons. The Hall–Kier alpha value is -2.70. The van der Waals surface area contributed by atoms with Gasteiger partial charge in [0.2, 0.25) is 5.91 Å². The number of amides is 1. The third kappa shape index (κ3) is 4.89. The first kappa shape index (κ1) is 18.6. The molecule has 1 heterocycles. The van der Waals surface area contributed by atoms with Crippen LogP contribution in [0.25, 0.3) is 5.69 Å². The van der Waals surface area contributed by atoms with Gasteiger partial charge in [-0.1, -0.05) is 0 Å². The predicted molar refractivity (Wildman–Crippen MR) is 91.2 cm³/mol. The molecule has 0 bridgehead atoms. The maximum Gasteiger partial charge on any atom is 0.303 e. The molecular formula is C18H22FN3O3. The number of hydrogen-bond acceptors (Lipinski definition) is 3. The quantitative estimate of drug-likeness (QED) is 0.806. The molecule has 1 atom stereocenters. The van der Waals surface area contributed by atoms with Crippen LogP contribution in [-0.2, 0) is 16.0 Å². The number of aliphatic carboxylic acids is 1. The molecule has 1 amide bonds. The van der Waals surface area contributed by atoms with Crippen LogP contribution in [0.2, 0.25) is 0 Å². The minimum Gasteiger partial charge on any atom is -0.481 e. The van der Waals surface area contributed by atoms with Crippen molar-refractivity contribution in [3.05, 3.63) is 47.0 Å². The minimum atomic E-state index is -0.881. The van der Waals surface area contributed by atoms with Crippen molar-refractivity contribution in [2.45, 2.75) is 46.1 Å². The number of hydrogen-bond donors (Lipinski definition) is 2. The van der Waals surface area contributed by atoms with E-state index in [2.05, 4.69) is 10.4 Å². The van der Waals surface area contributed by atoms with Crippen LogP contribution in [0.3, 0.4) is 0 Å². The third-order valence-electron chi connectivity index (χ3n) is 4.05. The van der Waals surface area contributed by atoms with Gasteiger partial charge in [-0.05, 0) is 51.5 Å². The molecule has 2 N–H and O–H groups in total. The number of carbonyl (C=O) groups excluding carboxylic acids is 1. The smallest absolute Gasteiger partial charge is 0.303 e. The van der Waals surface area contributed by atoms with Gasteiger partial charge in [0.1, 0.15) is 5.82 Å². The van der Waals surface area contributed by atoms with Gasteiger partial charge in [0.25, 0.3) is 0 Å². The van der Waals surface area contributed by atoms with Crippen molar-refractivity contribution >= 4 is 11.9 Å². The fourth-order valence-electron chi connectivity index (χ4n) is 2.66. The van der Waals surface area contributed by atoms with Crippen molar-refractivity contribution in [3.8, 4) is 5.69 Å². The average Bonchev–Trinajstić information content (AvgIpc) is 2.82. The summed E-state index contributed by atoms with van der Waals surface area (Å²) >= 11 is 0. The van der Waals surface area contributed by atoms with Gasteiger partial charge < -0.3 is 10.4 Å². The highest BCUT2D eigenvalue weighted by Crippen LogP contribution is 2.19. The second-order valence-electron chi connectivity index (χ2n) is 6.12. The van der Waals surface area contributed by atoms with Gasteiger partial charge in [0, 0.05) is 23.7 Å². The summed E-state index contributed by atoms with van der Waals surface area (Å²) in [7, 11) is 0. The zero-order chi connectivity index (χ0) is 18.6. The van der Waals surface area contributed by atoms with Crippen molar-refractivity contribution in [2.75, 3.05) is 0 Å². The highest BCUT2D eigenvalue weighted by Gasteiger charge is 2.17. The monoisotopic (exact) mass is 347 g/mol. The fraction of sp³-hybridized carbons (Fsp3) is 0.389. The molecule has 0 radical (unpaired) electrons. The van der Waals surface area contributed by atoms with Crippen LogP contribution in [-0.4, -0.2) is 32.8 Å². The van der Waals surface area contributed by atoms with Gasteiger partial charge in [0.05, 0.1) is 17.8 Å². The van der Waals surface area contributed by atoms with Crippen LogP contribution in [0.5, 0.6) is 0 Å². The lowest BCUT2D eigenvalue weighted by Crippen LogP contribution is -2.34. The summed E-state index contributed by atoms with van der Waals surface area (Å²) in [6.07, 6.45) is 0.562. The Morgan fingerprint density at radius 3 is 2.52 bits per heavy atom. The number of nitrogens with one attached hydrogen (secondary N) is 1. The van der Waals surface area contributed by atoms with E-state index < -0.39 is 5.97 Å². The Morgan fingerprint density at radius 1 is 1.28 bits per heavy atom. The number of aryl methyl sites for hydroxylation is 1. The van der Waals surface area contributed by atoms with Crippen LogP contribution in [0, 0.1) is 19.7 Å². The topological polar surface area (TPSA) is 84.2 Å². The van der Waals surface area contributed by atoms with Gasteiger partial charge in [-0.3, -0.25) is 9.59 Å². The van der Waals surface area contributed by atoms with Gasteiger partial charge >= 0.3 is 5.97 Å². The lowest BCUT2D eigenvalue weighted by molar-refractivity contribution is -0.137. The summed E-state index contributed by atoms with van der Waals surface area (Å²) in [4.78, 5) is 22.8. The Kier molecular flexibility index (Phi) is 5.90. The molecule has 1 aromatic carbocycles. The summed E-state index contributed by atoms with van der Waals surface area (Å²) in [5.41, 5.74) is 3.09. The van der Waals surface area contributed by atoms with E-state index in [4.69, 9.17) is 5.11 Å². The van der Waals surface area contributed by atoms with Crippen molar-refractivity contribution in [1.29, 1.82) is 0 Å². The summed E-state index contributed by atoms with van der Waals surface area (Å²) in [6.45, 7) is 5.46. The Balaban J connectivity index is 2.08. The molecule has 0 spiro atoms. The number of aromatic nitrogens is 2. The first-order chi connectivity index (χ1) is 11.8.